The summed E-state index contributed by atoms with van der Waals surface area (Å²) in [7, 11) is 3.39. The molecule has 4 rings (SSSR count). The molecule has 0 amide bonds. The van der Waals surface area contributed by atoms with Crippen LogP contribution in [0.15, 0.2) is 36.7 Å². The highest BCUT2D eigenvalue weighted by Gasteiger charge is 2.20. The molecule has 3 heterocycles. The summed E-state index contributed by atoms with van der Waals surface area (Å²) in [5, 5.41) is 4.52. The minimum Gasteiger partial charge on any atom is -0.497 e. The van der Waals surface area contributed by atoms with Crippen LogP contribution in [0.3, 0.4) is 0 Å². The van der Waals surface area contributed by atoms with E-state index in [0.29, 0.717) is 0 Å². The molecule has 0 unspecified atom stereocenters. The number of benzene rings is 1. The van der Waals surface area contributed by atoms with Gasteiger partial charge in [0, 0.05) is 44.0 Å². The minimum absolute atomic E-state index is 0.752. The molecule has 0 aliphatic carbocycles. The van der Waals surface area contributed by atoms with Gasteiger partial charge in [0.1, 0.15) is 17.3 Å². The van der Waals surface area contributed by atoms with Crippen molar-refractivity contribution in [1.82, 2.24) is 24.6 Å². The van der Waals surface area contributed by atoms with Crippen LogP contribution < -0.4 is 14.4 Å². The van der Waals surface area contributed by atoms with Crippen LogP contribution in [0, 0.1) is 13.8 Å². The lowest BCUT2D eigenvalue weighted by atomic mass is 10.1. The van der Waals surface area contributed by atoms with Crippen molar-refractivity contribution in [2.75, 3.05) is 45.3 Å². The molecule has 1 aromatic carbocycles. The summed E-state index contributed by atoms with van der Waals surface area (Å²) < 4.78 is 12.7. The van der Waals surface area contributed by atoms with Gasteiger partial charge < -0.3 is 14.4 Å². The minimum atomic E-state index is 0.752. The molecule has 8 nitrogen and oxygen atoms in total. The molecule has 0 radical (unpaired) electrons. The first-order chi connectivity index (χ1) is 14.6. The highest BCUT2D eigenvalue weighted by molar-refractivity contribution is 5.42. The summed E-state index contributed by atoms with van der Waals surface area (Å²) in [6, 6.07) is 7.98. The van der Waals surface area contributed by atoms with E-state index in [9.17, 15) is 0 Å². The highest BCUT2D eigenvalue weighted by Crippen LogP contribution is 2.26. The predicted octanol–water partition coefficient (Wildman–Crippen LogP) is 2.62. The number of piperazine rings is 1. The summed E-state index contributed by atoms with van der Waals surface area (Å²) in [5.74, 6) is 3.38. The van der Waals surface area contributed by atoms with Crippen LogP contribution in [0.5, 0.6) is 11.5 Å². The fourth-order valence-corrected chi connectivity index (χ4v) is 3.84. The van der Waals surface area contributed by atoms with Gasteiger partial charge in [0.25, 0.3) is 0 Å². The van der Waals surface area contributed by atoms with Gasteiger partial charge in [-0.1, -0.05) is 0 Å². The van der Waals surface area contributed by atoms with E-state index in [1.54, 1.807) is 20.4 Å². The van der Waals surface area contributed by atoms with E-state index in [0.717, 1.165) is 72.8 Å². The van der Waals surface area contributed by atoms with E-state index in [2.05, 4.69) is 25.9 Å². The molecule has 0 saturated carbocycles. The molecule has 2 aromatic heterocycles. The summed E-state index contributed by atoms with van der Waals surface area (Å²) in [4.78, 5) is 13.9. The molecule has 1 aliphatic heterocycles. The topological polar surface area (TPSA) is 68.5 Å². The van der Waals surface area contributed by atoms with Crippen molar-refractivity contribution in [2.24, 2.45) is 0 Å². The second kappa shape index (κ2) is 8.71. The van der Waals surface area contributed by atoms with Gasteiger partial charge in [0.15, 0.2) is 5.82 Å². The number of aryl methyl sites for hydroxylation is 2. The molecule has 0 spiro atoms. The lowest BCUT2D eigenvalue weighted by Gasteiger charge is -2.35. The quantitative estimate of drug-likeness (QED) is 0.621. The molecular weight excluding hydrogens is 380 g/mol. The fraction of sp³-hybridized carbons (Fsp3) is 0.409. The third-order valence-corrected chi connectivity index (χ3v) is 5.41. The molecule has 0 bridgehead atoms. The Bertz CT molecular complexity index is 1010. The highest BCUT2D eigenvalue weighted by atomic mass is 16.5. The average molecular weight is 409 g/mol. The van der Waals surface area contributed by atoms with Gasteiger partial charge in [0.2, 0.25) is 0 Å². The second-order valence-electron chi connectivity index (χ2n) is 7.52. The van der Waals surface area contributed by atoms with E-state index < -0.39 is 0 Å². The second-order valence-corrected chi connectivity index (χ2v) is 7.52. The van der Waals surface area contributed by atoms with Crippen molar-refractivity contribution < 1.29 is 9.47 Å². The Balaban J connectivity index is 1.43. The van der Waals surface area contributed by atoms with E-state index in [1.807, 2.05) is 42.9 Å². The summed E-state index contributed by atoms with van der Waals surface area (Å²) in [6.45, 7) is 8.49. The maximum Gasteiger partial charge on any atom is 0.174 e. The van der Waals surface area contributed by atoms with Crippen molar-refractivity contribution in [3.8, 4) is 17.3 Å². The van der Waals surface area contributed by atoms with E-state index >= 15 is 0 Å². The van der Waals surface area contributed by atoms with Crippen LogP contribution in [-0.4, -0.2) is 65.0 Å². The number of nitrogens with zero attached hydrogens (tertiary/aromatic N) is 6. The monoisotopic (exact) mass is 408 g/mol. The lowest BCUT2D eigenvalue weighted by molar-refractivity contribution is 0.245. The number of hydrogen-bond donors (Lipinski definition) is 0. The molecule has 1 saturated heterocycles. The van der Waals surface area contributed by atoms with Gasteiger partial charge in [-0.3, -0.25) is 9.88 Å². The Labute approximate surface area is 177 Å². The third kappa shape index (κ3) is 4.23. The first-order valence-corrected chi connectivity index (χ1v) is 10.1. The van der Waals surface area contributed by atoms with Crippen molar-refractivity contribution >= 4 is 5.82 Å². The number of methoxy groups -OCH3 is 2. The van der Waals surface area contributed by atoms with Crippen LogP contribution in [0.2, 0.25) is 0 Å². The van der Waals surface area contributed by atoms with Crippen LogP contribution in [0.25, 0.3) is 5.82 Å². The first-order valence-electron chi connectivity index (χ1n) is 10.1. The first kappa shape index (κ1) is 20.2. The Kier molecular flexibility index (Phi) is 5.85. The molecular formula is C22H28N6O2. The molecule has 1 aliphatic rings. The molecule has 30 heavy (non-hydrogen) atoms. The SMILES string of the molecule is COc1ccc(OC)c(CN2CCN(c3cncc(-n4nc(C)cc4C)n3)CC2)c1. The van der Waals surface area contributed by atoms with Gasteiger partial charge in [-0.2, -0.15) is 5.10 Å². The van der Waals surface area contributed by atoms with Crippen molar-refractivity contribution in [3.05, 3.63) is 53.6 Å². The van der Waals surface area contributed by atoms with Gasteiger partial charge in [0.05, 0.1) is 32.3 Å². The number of aromatic nitrogens is 4. The molecule has 0 N–H and O–H groups in total. The van der Waals surface area contributed by atoms with Crippen molar-refractivity contribution in [3.63, 3.8) is 0 Å². The maximum atomic E-state index is 5.52. The van der Waals surface area contributed by atoms with E-state index in [1.165, 1.54) is 0 Å². The van der Waals surface area contributed by atoms with Gasteiger partial charge >= 0.3 is 0 Å². The summed E-state index contributed by atoms with van der Waals surface area (Å²) in [5.41, 5.74) is 3.16. The van der Waals surface area contributed by atoms with Crippen molar-refractivity contribution in [1.29, 1.82) is 0 Å². The third-order valence-electron chi connectivity index (χ3n) is 5.41. The number of rotatable bonds is 6. The number of ether oxygens (including phenoxy) is 2. The zero-order valence-corrected chi connectivity index (χ0v) is 18.0. The summed E-state index contributed by atoms with van der Waals surface area (Å²) >= 11 is 0. The van der Waals surface area contributed by atoms with Crippen LogP contribution in [0.4, 0.5) is 5.82 Å². The normalized spacial score (nSPS) is 14.7. The predicted molar refractivity (Wildman–Crippen MR) is 116 cm³/mol. The van der Waals surface area contributed by atoms with Gasteiger partial charge in [-0.15, -0.1) is 0 Å². The maximum absolute atomic E-state index is 5.52. The largest absolute Gasteiger partial charge is 0.497 e. The van der Waals surface area contributed by atoms with Crippen LogP contribution in [0.1, 0.15) is 17.0 Å². The van der Waals surface area contributed by atoms with E-state index in [-0.39, 0.29) is 0 Å². The fourth-order valence-electron chi connectivity index (χ4n) is 3.84. The summed E-state index contributed by atoms with van der Waals surface area (Å²) in [6.07, 6.45) is 3.59. The van der Waals surface area contributed by atoms with Gasteiger partial charge in [-0.25, -0.2) is 9.67 Å². The van der Waals surface area contributed by atoms with Crippen LogP contribution >= 0.6 is 0 Å². The Morgan fingerprint density at radius 2 is 1.70 bits per heavy atom. The average Bonchev–Trinajstić information content (AvgIpc) is 3.12. The number of hydrogen-bond acceptors (Lipinski definition) is 7. The Morgan fingerprint density at radius 1 is 0.933 bits per heavy atom. The number of anilines is 1. The lowest BCUT2D eigenvalue weighted by Crippen LogP contribution is -2.46. The zero-order chi connectivity index (χ0) is 21.1. The Hall–Kier alpha value is -3.13. The Morgan fingerprint density at radius 3 is 2.37 bits per heavy atom. The zero-order valence-electron chi connectivity index (χ0n) is 18.0. The molecule has 1 fully saturated rings. The smallest absolute Gasteiger partial charge is 0.174 e. The van der Waals surface area contributed by atoms with Crippen molar-refractivity contribution in [2.45, 2.75) is 20.4 Å². The van der Waals surface area contributed by atoms with Gasteiger partial charge in [-0.05, 0) is 38.1 Å². The molecule has 3 aromatic rings. The van der Waals surface area contributed by atoms with Crippen LogP contribution in [-0.2, 0) is 6.54 Å². The molecule has 8 heteroatoms. The molecule has 158 valence electrons. The molecule has 0 atom stereocenters. The standard InChI is InChI=1S/C22H28N6O2/c1-16-11-17(2)28(25-16)22-14-23-13-21(24-22)27-9-7-26(8-10-27)15-18-12-19(29-3)5-6-20(18)30-4/h5-6,11-14H,7-10,15H2,1-4H3. The van der Waals surface area contributed by atoms with E-state index in [4.69, 9.17) is 14.5 Å².